The van der Waals surface area contributed by atoms with E-state index in [-0.39, 0.29) is 5.91 Å². The molecule has 36 heavy (non-hydrogen) atoms. The van der Waals surface area contributed by atoms with E-state index in [2.05, 4.69) is 39.1 Å². The summed E-state index contributed by atoms with van der Waals surface area (Å²) in [6, 6.07) is 13.5. The number of carbonyl (C=O) groups is 1. The molecular weight excluding hydrogens is 454 g/mol. The summed E-state index contributed by atoms with van der Waals surface area (Å²) in [4.78, 5) is 30.8. The average molecular weight is 486 g/mol. The van der Waals surface area contributed by atoms with Crippen LogP contribution in [0.1, 0.15) is 23.8 Å². The van der Waals surface area contributed by atoms with Crippen molar-refractivity contribution >= 4 is 28.4 Å². The van der Waals surface area contributed by atoms with Crippen LogP contribution in [0, 0.1) is 0 Å². The number of aryl methyl sites for hydroxylation is 1. The smallest absolute Gasteiger partial charge is 0.270 e. The van der Waals surface area contributed by atoms with E-state index in [0.29, 0.717) is 23.9 Å². The van der Waals surface area contributed by atoms with E-state index in [4.69, 9.17) is 4.74 Å². The number of amides is 1. The molecule has 4 aromatic rings. The van der Waals surface area contributed by atoms with Gasteiger partial charge in [-0.3, -0.25) is 9.78 Å². The first-order valence-electron chi connectivity index (χ1n) is 12.3. The summed E-state index contributed by atoms with van der Waals surface area (Å²) in [6.07, 6.45) is 4.37. The zero-order valence-corrected chi connectivity index (χ0v) is 20.9. The summed E-state index contributed by atoms with van der Waals surface area (Å²) in [5, 5.41) is 4.27. The van der Waals surface area contributed by atoms with Crippen molar-refractivity contribution in [3.8, 4) is 17.1 Å². The van der Waals surface area contributed by atoms with Gasteiger partial charge in [-0.05, 0) is 49.9 Å². The van der Waals surface area contributed by atoms with Gasteiger partial charge in [0.1, 0.15) is 11.4 Å². The summed E-state index contributed by atoms with van der Waals surface area (Å²) in [5.41, 5.74) is 3.97. The summed E-state index contributed by atoms with van der Waals surface area (Å²) >= 11 is 0. The standard InChI is InChI=1S/C27H31N7O2/c1-4-15-36-21-7-9-28-23(18-21)22-8-10-29-27(31-22)30-20-5-6-24-19(16-20)17-25(33(24)3)26(35)34-13-11-32(2)12-14-34/h5-10,16-18H,4,11-15H2,1-3H3,(H,29,30,31). The number of pyridine rings is 1. The number of piperazine rings is 1. The predicted molar refractivity (Wildman–Crippen MR) is 141 cm³/mol. The highest BCUT2D eigenvalue weighted by Gasteiger charge is 2.23. The van der Waals surface area contributed by atoms with Crippen molar-refractivity contribution in [2.75, 3.05) is 45.2 Å². The Bertz CT molecular complexity index is 1380. The third-order valence-electron chi connectivity index (χ3n) is 6.43. The van der Waals surface area contributed by atoms with Crippen LogP contribution in [0.5, 0.6) is 5.75 Å². The van der Waals surface area contributed by atoms with Gasteiger partial charge in [-0.1, -0.05) is 6.92 Å². The van der Waals surface area contributed by atoms with Crippen LogP contribution in [-0.2, 0) is 7.05 Å². The molecule has 0 radical (unpaired) electrons. The summed E-state index contributed by atoms with van der Waals surface area (Å²) in [7, 11) is 4.03. The molecule has 1 N–H and O–H groups in total. The predicted octanol–water partition coefficient (Wildman–Crippen LogP) is 3.95. The van der Waals surface area contributed by atoms with Gasteiger partial charge in [-0.2, -0.15) is 0 Å². The fraction of sp³-hybridized carbons (Fsp3) is 0.333. The lowest BCUT2D eigenvalue weighted by Gasteiger charge is -2.32. The number of anilines is 2. The van der Waals surface area contributed by atoms with Gasteiger partial charge >= 0.3 is 0 Å². The summed E-state index contributed by atoms with van der Waals surface area (Å²) in [5.74, 6) is 1.31. The SMILES string of the molecule is CCCOc1ccnc(-c2ccnc(Nc3ccc4c(c3)cc(C(=O)N3CCN(C)CC3)n4C)n2)c1. The maximum Gasteiger partial charge on any atom is 0.270 e. The molecule has 186 valence electrons. The minimum Gasteiger partial charge on any atom is -0.493 e. The van der Waals surface area contributed by atoms with Crippen molar-refractivity contribution in [2.45, 2.75) is 13.3 Å². The molecule has 0 atom stereocenters. The number of ether oxygens (including phenoxy) is 1. The average Bonchev–Trinajstić information content (AvgIpc) is 3.23. The highest BCUT2D eigenvalue weighted by molar-refractivity contribution is 5.99. The molecule has 1 amide bonds. The number of likely N-dealkylation sites (N-methyl/N-ethyl adjacent to an activating group) is 1. The highest BCUT2D eigenvalue weighted by Crippen LogP contribution is 2.26. The van der Waals surface area contributed by atoms with Crippen molar-refractivity contribution in [1.82, 2.24) is 29.3 Å². The maximum absolute atomic E-state index is 13.2. The zero-order valence-electron chi connectivity index (χ0n) is 20.9. The van der Waals surface area contributed by atoms with Gasteiger partial charge in [0.05, 0.1) is 18.0 Å². The van der Waals surface area contributed by atoms with E-state index in [1.165, 1.54) is 0 Å². The van der Waals surface area contributed by atoms with Crippen LogP contribution in [0.15, 0.2) is 54.9 Å². The second-order valence-electron chi connectivity index (χ2n) is 9.07. The maximum atomic E-state index is 13.2. The van der Waals surface area contributed by atoms with Gasteiger partial charge in [0, 0.05) is 68.3 Å². The first-order chi connectivity index (χ1) is 17.5. The Morgan fingerprint density at radius 3 is 2.58 bits per heavy atom. The molecule has 0 unspecified atom stereocenters. The van der Waals surface area contributed by atoms with Crippen molar-refractivity contribution < 1.29 is 9.53 Å². The van der Waals surface area contributed by atoms with Crippen molar-refractivity contribution in [1.29, 1.82) is 0 Å². The number of aromatic nitrogens is 4. The Balaban J connectivity index is 1.35. The number of fused-ring (bicyclic) bond motifs is 1. The topological polar surface area (TPSA) is 88.4 Å². The third-order valence-corrected chi connectivity index (χ3v) is 6.43. The van der Waals surface area contributed by atoms with Gasteiger partial charge < -0.3 is 24.4 Å². The van der Waals surface area contributed by atoms with Crippen molar-refractivity contribution in [3.63, 3.8) is 0 Å². The van der Waals surface area contributed by atoms with Crippen LogP contribution >= 0.6 is 0 Å². The second kappa shape index (κ2) is 10.3. The Labute approximate surface area is 210 Å². The molecule has 1 fully saturated rings. The molecule has 1 aliphatic heterocycles. The van der Waals surface area contributed by atoms with E-state index in [1.54, 1.807) is 12.4 Å². The zero-order chi connectivity index (χ0) is 25.1. The number of nitrogens with one attached hydrogen (secondary N) is 1. The molecule has 9 nitrogen and oxygen atoms in total. The molecule has 1 saturated heterocycles. The van der Waals surface area contributed by atoms with Crippen LogP contribution in [0.25, 0.3) is 22.3 Å². The Hall–Kier alpha value is -3.98. The molecule has 5 rings (SSSR count). The number of benzene rings is 1. The van der Waals surface area contributed by atoms with Crippen molar-refractivity contribution in [3.05, 3.63) is 60.6 Å². The molecule has 1 aromatic carbocycles. The van der Waals surface area contributed by atoms with Crippen molar-refractivity contribution in [2.24, 2.45) is 7.05 Å². The van der Waals surface area contributed by atoms with Gasteiger partial charge in [0.15, 0.2) is 0 Å². The highest BCUT2D eigenvalue weighted by atomic mass is 16.5. The van der Waals surface area contributed by atoms with E-state index >= 15 is 0 Å². The number of hydrogen-bond donors (Lipinski definition) is 1. The number of rotatable bonds is 7. The van der Waals surface area contributed by atoms with Gasteiger partial charge in [0.25, 0.3) is 5.91 Å². The fourth-order valence-corrected chi connectivity index (χ4v) is 4.36. The summed E-state index contributed by atoms with van der Waals surface area (Å²) < 4.78 is 7.69. The quantitative estimate of drug-likeness (QED) is 0.424. The molecule has 3 aromatic heterocycles. The number of carbonyl (C=O) groups excluding carboxylic acids is 1. The molecule has 0 aliphatic carbocycles. The van der Waals surface area contributed by atoms with Gasteiger partial charge in [0.2, 0.25) is 5.95 Å². The largest absolute Gasteiger partial charge is 0.493 e. The summed E-state index contributed by atoms with van der Waals surface area (Å²) in [6.45, 7) is 6.02. The molecule has 4 heterocycles. The third kappa shape index (κ3) is 5.01. The fourth-order valence-electron chi connectivity index (χ4n) is 4.36. The molecule has 0 saturated carbocycles. The lowest BCUT2D eigenvalue weighted by atomic mass is 10.2. The lowest BCUT2D eigenvalue weighted by molar-refractivity contribution is 0.0655. The normalized spacial score (nSPS) is 14.2. The number of hydrogen-bond acceptors (Lipinski definition) is 7. The minimum atomic E-state index is 0.0741. The van der Waals surface area contributed by atoms with Crippen LogP contribution in [0.4, 0.5) is 11.6 Å². The monoisotopic (exact) mass is 485 g/mol. The first-order valence-corrected chi connectivity index (χ1v) is 12.3. The van der Waals surface area contributed by atoms with Gasteiger partial charge in [-0.15, -0.1) is 0 Å². The van der Waals surface area contributed by atoms with E-state index in [0.717, 1.165) is 60.6 Å². The van der Waals surface area contributed by atoms with Crippen LogP contribution in [0.3, 0.4) is 0 Å². The molecule has 1 aliphatic rings. The van der Waals surface area contributed by atoms with Crippen LogP contribution in [0.2, 0.25) is 0 Å². The molecular formula is C27H31N7O2. The molecule has 0 bridgehead atoms. The van der Waals surface area contributed by atoms with E-state index in [1.807, 2.05) is 59.0 Å². The molecule has 9 heteroatoms. The van der Waals surface area contributed by atoms with Gasteiger partial charge in [-0.25, -0.2) is 9.97 Å². The van der Waals surface area contributed by atoms with Crippen LogP contribution < -0.4 is 10.1 Å². The number of nitrogens with zero attached hydrogens (tertiary/aromatic N) is 6. The Morgan fingerprint density at radius 2 is 1.78 bits per heavy atom. The lowest BCUT2D eigenvalue weighted by Crippen LogP contribution is -2.47. The molecule has 0 spiro atoms. The van der Waals surface area contributed by atoms with Crippen LogP contribution in [-0.4, -0.2) is 75.1 Å². The Morgan fingerprint density at radius 1 is 0.972 bits per heavy atom. The minimum absolute atomic E-state index is 0.0741. The van der Waals surface area contributed by atoms with E-state index < -0.39 is 0 Å². The first kappa shape index (κ1) is 23.7. The second-order valence-corrected chi connectivity index (χ2v) is 9.07. The van der Waals surface area contributed by atoms with E-state index in [9.17, 15) is 4.79 Å². The Kier molecular flexibility index (Phi) is 6.81.